The lowest BCUT2D eigenvalue weighted by Crippen LogP contribution is -1.83. The third kappa shape index (κ3) is 0.669. The number of anilines is 1. The van der Waals surface area contributed by atoms with E-state index in [9.17, 15) is 0 Å². The van der Waals surface area contributed by atoms with Gasteiger partial charge in [-0.1, -0.05) is 0 Å². The third-order valence-corrected chi connectivity index (χ3v) is 1.49. The fourth-order valence-corrected chi connectivity index (χ4v) is 1.00. The van der Waals surface area contributed by atoms with Crippen LogP contribution in [0.4, 0.5) is 5.69 Å². The molecule has 0 aliphatic carbocycles. The minimum Gasteiger partial charge on any atom is -0.378 e. The Balaban J connectivity index is 2.54. The van der Waals surface area contributed by atoms with E-state index in [2.05, 4.69) is 10.3 Å². The highest BCUT2D eigenvalue weighted by Crippen LogP contribution is 2.20. The van der Waals surface area contributed by atoms with E-state index in [0.717, 1.165) is 12.1 Å². The van der Waals surface area contributed by atoms with Crippen molar-refractivity contribution < 1.29 is 0 Å². The van der Waals surface area contributed by atoms with Gasteiger partial charge in [-0.25, -0.2) is 0 Å². The summed E-state index contributed by atoms with van der Waals surface area (Å²) in [5.41, 5.74) is 2.49. The van der Waals surface area contributed by atoms with Gasteiger partial charge in [0.1, 0.15) is 0 Å². The number of rotatable bonds is 0. The molecule has 0 spiro atoms. The quantitative estimate of drug-likeness (QED) is 0.555. The summed E-state index contributed by atoms with van der Waals surface area (Å²) in [5.74, 6) is 0. The maximum absolute atomic E-state index is 3.97. The van der Waals surface area contributed by atoms with Crippen LogP contribution in [0.25, 0.3) is 0 Å². The van der Waals surface area contributed by atoms with Gasteiger partial charge < -0.3 is 5.32 Å². The van der Waals surface area contributed by atoms with Crippen LogP contribution < -0.4 is 5.32 Å². The molecule has 2 rings (SSSR count). The van der Waals surface area contributed by atoms with E-state index >= 15 is 0 Å². The lowest BCUT2D eigenvalue weighted by molar-refractivity contribution is 1.23. The molecule has 1 aromatic heterocycles. The van der Waals surface area contributed by atoms with Crippen LogP contribution in [-0.2, 0) is 6.42 Å². The molecule has 0 fully saturated rings. The van der Waals surface area contributed by atoms with Crippen LogP contribution in [0, 0.1) is 6.54 Å². The van der Waals surface area contributed by atoms with Crippen molar-refractivity contribution in [1.29, 1.82) is 0 Å². The first-order valence-corrected chi connectivity index (χ1v) is 2.98. The second-order valence-corrected chi connectivity index (χ2v) is 2.09. The molecule has 0 aromatic carbocycles. The van der Waals surface area contributed by atoms with Crippen molar-refractivity contribution in [3.8, 4) is 0 Å². The summed E-state index contributed by atoms with van der Waals surface area (Å²) in [6.07, 6.45) is 4.69. The van der Waals surface area contributed by atoms with E-state index in [4.69, 9.17) is 0 Å². The summed E-state index contributed by atoms with van der Waals surface area (Å²) in [4.78, 5) is 3.97. The fraction of sp³-hybridized carbons (Fsp3) is 0.143. The largest absolute Gasteiger partial charge is 0.378 e. The zero-order valence-corrected chi connectivity index (χ0v) is 4.96. The van der Waals surface area contributed by atoms with Gasteiger partial charge in [0.25, 0.3) is 0 Å². The molecule has 1 radical (unpaired) electrons. The van der Waals surface area contributed by atoms with Crippen LogP contribution in [0.5, 0.6) is 0 Å². The van der Waals surface area contributed by atoms with Gasteiger partial charge >= 0.3 is 0 Å². The Hall–Kier alpha value is -1.05. The molecule has 1 aromatic rings. The summed E-state index contributed by atoms with van der Waals surface area (Å²) in [6, 6.07) is 2.03. The van der Waals surface area contributed by atoms with E-state index in [0.29, 0.717) is 0 Å². The van der Waals surface area contributed by atoms with Crippen LogP contribution in [0.1, 0.15) is 5.56 Å². The molecule has 1 N–H and O–H groups in total. The summed E-state index contributed by atoms with van der Waals surface area (Å²) in [6.45, 7) is 2.03. The van der Waals surface area contributed by atoms with Gasteiger partial charge in [0.05, 0.1) is 18.4 Å². The Bertz CT molecular complexity index is 197. The lowest BCUT2D eigenvalue weighted by atomic mass is 10.2. The summed E-state index contributed by atoms with van der Waals surface area (Å²) >= 11 is 0. The minimum atomic E-state index is 1.03. The molecule has 1 aliphatic heterocycles. The Morgan fingerprint density at radius 3 is 3.44 bits per heavy atom. The minimum absolute atomic E-state index is 1.03. The molecule has 1 aliphatic rings. The highest BCUT2D eigenvalue weighted by atomic mass is 14.9. The van der Waals surface area contributed by atoms with Crippen molar-refractivity contribution >= 4 is 5.69 Å². The van der Waals surface area contributed by atoms with E-state index in [1.807, 2.05) is 25.0 Å². The van der Waals surface area contributed by atoms with E-state index in [-0.39, 0.29) is 0 Å². The number of nitrogens with zero attached hydrogens (tertiary/aromatic N) is 1. The maximum atomic E-state index is 3.97. The standard InChI is InChI=1S/C7H7N2/c1-3-8-5-7-6(1)2-4-9-7/h1,3-5,9H,2H2. The summed E-state index contributed by atoms with van der Waals surface area (Å²) in [5, 5.41) is 3.11. The van der Waals surface area contributed by atoms with Crippen LogP contribution in [0.15, 0.2) is 18.5 Å². The average molecular weight is 119 g/mol. The predicted octanol–water partition coefficient (Wildman–Crippen LogP) is 1.21. The fourth-order valence-electron chi connectivity index (χ4n) is 1.00. The second-order valence-electron chi connectivity index (χ2n) is 2.09. The van der Waals surface area contributed by atoms with Gasteiger partial charge in [-0.05, 0) is 18.1 Å². The molecular formula is C7H7N2. The van der Waals surface area contributed by atoms with Gasteiger partial charge in [-0.3, -0.25) is 4.98 Å². The topological polar surface area (TPSA) is 24.9 Å². The van der Waals surface area contributed by atoms with Crippen LogP contribution >= 0.6 is 0 Å². The Labute approximate surface area is 53.9 Å². The van der Waals surface area contributed by atoms with E-state index in [1.54, 1.807) is 0 Å². The van der Waals surface area contributed by atoms with Crippen molar-refractivity contribution in [3.05, 3.63) is 30.6 Å². The number of aromatic nitrogens is 1. The Morgan fingerprint density at radius 1 is 1.56 bits per heavy atom. The second kappa shape index (κ2) is 1.72. The SMILES string of the molecule is [CH]1Cc2ccncc2N1. The van der Waals surface area contributed by atoms with Gasteiger partial charge in [-0.15, -0.1) is 0 Å². The molecule has 0 atom stereocenters. The molecule has 0 amide bonds. The number of hydrogen-bond acceptors (Lipinski definition) is 2. The molecule has 0 saturated carbocycles. The smallest absolute Gasteiger partial charge is 0.0563 e. The number of fused-ring (bicyclic) bond motifs is 1. The maximum Gasteiger partial charge on any atom is 0.0563 e. The van der Waals surface area contributed by atoms with Crippen molar-refractivity contribution in [3.63, 3.8) is 0 Å². The van der Waals surface area contributed by atoms with Crippen molar-refractivity contribution in [1.82, 2.24) is 4.98 Å². The molecule has 0 unspecified atom stereocenters. The zero-order valence-electron chi connectivity index (χ0n) is 4.96. The van der Waals surface area contributed by atoms with Crippen LogP contribution in [0.3, 0.4) is 0 Å². The molecule has 0 saturated heterocycles. The number of nitrogens with one attached hydrogen (secondary N) is 1. The molecule has 45 valence electrons. The lowest BCUT2D eigenvalue weighted by Gasteiger charge is -1.93. The van der Waals surface area contributed by atoms with Gasteiger partial charge in [0, 0.05) is 6.20 Å². The van der Waals surface area contributed by atoms with E-state index < -0.39 is 0 Å². The number of hydrogen-bond donors (Lipinski definition) is 1. The molecule has 2 nitrogen and oxygen atoms in total. The first-order valence-electron chi connectivity index (χ1n) is 2.98. The van der Waals surface area contributed by atoms with Crippen molar-refractivity contribution in [2.45, 2.75) is 6.42 Å². The normalized spacial score (nSPS) is 14.7. The molecule has 2 heteroatoms. The number of pyridine rings is 1. The monoisotopic (exact) mass is 119 g/mol. The highest BCUT2D eigenvalue weighted by Gasteiger charge is 2.07. The Kier molecular flexibility index (Phi) is 0.918. The van der Waals surface area contributed by atoms with Gasteiger partial charge in [0.15, 0.2) is 0 Å². The van der Waals surface area contributed by atoms with Gasteiger partial charge in [-0.2, -0.15) is 0 Å². The highest BCUT2D eigenvalue weighted by molar-refractivity contribution is 5.55. The first-order chi connectivity index (χ1) is 4.47. The van der Waals surface area contributed by atoms with Gasteiger partial charge in [0.2, 0.25) is 0 Å². The van der Waals surface area contributed by atoms with Crippen molar-refractivity contribution in [2.24, 2.45) is 0 Å². The molecular weight excluding hydrogens is 112 g/mol. The Morgan fingerprint density at radius 2 is 2.56 bits per heavy atom. The third-order valence-electron chi connectivity index (χ3n) is 1.49. The van der Waals surface area contributed by atoms with Crippen LogP contribution in [0.2, 0.25) is 0 Å². The molecule has 9 heavy (non-hydrogen) atoms. The predicted molar refractivity (Wildman–Crippen MR) is 35.9 cm³/mol. The average Bonchev–Trinajstić information content (AvgIpc) is 2.33. The van der Waals surface area contributed by atoms with E-state index in [1.165, 1.54) is 5.56 Å². The first kappa shape index (κ1) is 4.79. The van der Waals surface area contributed by atoms with Crippen LogP contribution in [-0.4, -0.2) is 4.98 Å². The molecule has 2 heterocycles. The summed E-state index contributed by atoms with van der Waals surface area (Å²) in [7, 11) is 0. The molecule has 0 bridgehead atoms. The summed E-state index contributed by atoms with van der Waals surface area (Å²) < 4.78 is 0. The zero-order chi connectivity index (χ0) is 6.10. The van der Waals surface area contributed by atoms with Crippen molar-refractivity contribution in [2.75, 3.05) is 5.32 Å².